The van der Waals surface area contributed by atoms with Gasteiger partial charge in [0.25, 0.3) is 5.91 Å². The van der Waals surface area contributed by atoms with E-state index in [0.29, 0.717) is 33.9 Å². The molecule has 0 aromatic heterocycles. The Hall–Kier alpha value is -2.83. The molecule has 2 aromatic carbocycles. The summed E-state index contributed by atoms with van der Waals surface area (Å²) in [6, 6.07) is 11.6. The van der Waals surface area contributed by atoms with Crippen molar-refractivity contribution in [3.63, 3.8) is 0 Å². The SMILES string of the molecule is COc1ccc(N(CN2C(=O)C3C4C=CC(C5CC45)C3C2=O)C(=O)c2ccc(Cl)c(Cl)c2)cc1. The Morgan fingerprint density at radius 2 is 1.59 bits per heavy atom. The smallest absolute Gasteiger partial charge is 0.259 e. The summed E-state index contributed by atoms with van der Waals surface area (Å²) in [4.78, 5) is 43.3. The average molecular weight is 497 g/mol. The summed E-state index contributed by atoms with van der Waals surface area (Å²) in [5.74, 6) is 0.540. The minimum atomic E-state index is -0.386. The molecule has 1 saturated heterocycles. The molecule has 7 rings (SSSR count). The van der Waals surface area contributed by atoms with E-state index in [-0.39, 0.29) is 53.1 Å². The van der Waals surface area contributed by atoms with E-state index in [1.165, 1.54) is 15.9 Å². The Morgan fingerprint density at radius 1 is 0.971 bits per heavy atom. The number of hydrogen-bond donors (Lipinski definition) is 0. The second-order valence-corrected chi connectivity index (χ2v) is 10.3. The molecule has 0 radical (unpaired) electrons. The van der Waals surface area contributed by atoms with Gasteiger partial charge in [-0.3, -0.25) is 24.2 Å². The highest BCUT2D eigenvalue weighted by Crippen LogP contribution is 2.65. The minimum absolute atomic E-state index is 0.127. The topological polar surface area (TPSA) is 66.9 Å². The van der Waals surface area contributed by atoms with Crippen LogP contribution in [0, 0.1) is 35.5 Å². The standard InChI is InChI=1S/C26H22Cl2N2O4/c1-34-15-5-3-14(4-6-15)29(24(31)13-2-9-20(27)21(28)10-13)12-30-25(32)22-16-7-8-17(19-11-18(16)19)23(22)26(30)33/h2-10,16-19,22-23H,11-12H2,1H3. The predicted octanol–water partition coefficient (Wildman–Crippen LogP) is 4.66. The van der Waals surface area contributed by atoms with Crippen LogP contribution >= 0.6 is 23.2 Å². The highest BCUT2D eigenvalue weighted by molar-refractivity contribution is 6.42. The molecule has 6 atom stereocenters. The Kier molecular flexibility index (Phi) is 5.01. The molecule has 34 heavy (non-hydrogen) atoms. The average Bonchev–Trinajstić information content (AvgIpc) is 3.64. The van der Waals surface area contributed by atoms with Crippen LogP contribution in [0.1, 0.15) is 16.8 Å². The number of methoxy groups -OCH3 is 1. The Morgan fingerprint density at radius 3 is 2.15 bits per heavy atom. The molecule has 0 N–H and O–H groups in total. The van der Waals surface area contributed by atoms with Crippen LogP contribution in [0.15, 0.2) is 54.6 Å². The second kappa shape index (κ2) is 7.85. The van der Waals surface area contributed by atoms with Gasteiger partial charge < -0.3 is 4.74 Å². The number of allylic oxidation sites excluding steroid dienone is 2. The number of amides is 3. The molecule has 1 aliphatic heterocycles. The van der Waals surface area contributed by atoms with E-state index >= 15 is 0 Å². The molecule has 5 aliphatic rings. The number of imide groups is 1. The number of rotatable bonds is 5. The van der Waals surface area contributed by atoms with Gasteiger partial charge >= 0.3 is 0 Å². The Balaban J connectivity index is 1.34. The first-order chi connectivity index (χ1) is 16.4. The fourth-order valence-electron chi connectivity index (χ4n) is 6.11. The van der Waals surface area contributed by atoms with Crippen molar-refractivity contribution in [1.29, 1.82) is 0 Å². The number of benzene rings is 2. The van der Waals surface area contributed by atoms with E-state index in [2.05, 4.69) is 12.2 Å². The molecule has 2 saturated carbocycles. The monoisotopic (exact) mass is 496 g/mol. The highest BCUT2D eigenvalue weighted by atomic mass is 35.5. The number of hydrogen-bond acceptors (Lipinski definition) is 4. The molecule has 3 fully saturated rings. The third-order valence-electron chi connectivity index (χ3n) is 7.83. The molecule has 2 aromatic rings. The first kappa shape index (κ1) is 21.7. The molecular weight excluding hydrogens is 475 g/mol. The van der Waals surface area contributed by atoms with Crippen LogP contribution < -0.4 is 9.64 Å². The number of carbonyl (C=O) groups excluding carboxylic acids is 3. The molecule has 4 aliphatic carbocycles. The van der Waals surface area contributed by atoms with Crippen LogP contribution in [-0.2, 0) is 9.59 Å². The minimum Gasteiger partial charge on any atom is -0.497 e. The molecule has 3 amide bonds. The number of halogens is 2. The van der Waals surface area contributed by atoms with Gasteiger partial charge in [0.1, 0.15) is 12.4 Å². The van der Waals surface area contributed by atoms with Crippen molar-refractivity contribution in [2.45, 2.75) is 6.42 Å². The first-order valence-corrected chi connectivity index (χ1v) is 12.1. The zero-order valence-electron chi connectivity index (χ0n) is 18.4. The Labute approximate surface area is 207 Å². The Bertz CT molecular complexity index is 1210. The number of carbonyl (C=O) groups is 3. The molecule has 6 unspecified atom stereocenters. The summed E-state index contributed by atoms with van der Waals surface area (Å²) in [5, 5.41) is 0.591. The summed E-state index contributed by atoms with van der Waals surface area (Å²) in [7, 11) is 1.56. The van der Waals surface area contributed by atoms with Crippen molar-refractivity contribution in [3.05, 3.63) is 70.2 Å². The number of nitrogens with zero attached hydrogens (tertiary/aromatic N) is 2. The zero-order chi connectivity index (χ0) is 23.7. The maximum Gasteiger partial charge on any atom is 0.259 e. The molecule has 8 heteroatoms. The van der Waals surface area contributed by atoms with Gasteiger partial charge in [-0.15, -0.1) is 0 Å². The number of likely N-dealkylation sites (tertiary alicyclic amines) is 1. The van der Waals surface area contributed by atoms with Crippen molar-refractivity contribution in [2.24, 2.45) is 35.5 Å². The van der Waals surface area contributed by atoms with Crippen molar-refractivity contribution in [1.82, 2.24) is 4.90 Å². The van der Waals surface area contributed by atoms with Gasteiger partial charge in [0.05, 0.1) is 29.0 Å². The van der Waals surface area contributed by atoms with Crippen LogP contribution in [-0.4, -0.2) is 36.4 Å². The van der Waals surface area contributed by atoms with Crippen LogP contribution in [0.3, 0.4) is 0 Å². The molecule has 2 bridgehead atoms. The van der Waals surface area contributed by atoms with E-state index < -0.39 is 0 Å². The van der Waals surface area contributed by atoms with Crippen molar-refractivity contribution < 1.29 is 19.1 Å². The van der Waals surface area contributed by atoms with E-state index in [9.17, 15) is 14.4 Å². The van der Waals surface area contributed by atoms with Crippen LogP contribution in [0.2, 0.25) is 10.0 Å². The van der Waals surface area contributed by atoms with Crippen LogP contribution in [0.5, 0.6) is 5.75 Å². The summed E-state index contributed by atoms with van der Waals surface area (Å²) in [6.07, 6.45) is 5.37. The summed E-state index contributed by atoms with van der Waals surface area (Å²) >= 11 is 12.2. The summed E-state index contributed by atoms with van der Waals surface area (Å²) in [5.41, 5.74) is 0.848. The molecular formula is C26H22Cl2N2O4. The highest BCUT2D eigenvalue weighted by Gasteiger charge is 2.67. The van der Waals surface area contributed by atoms with Crippen molar-refractivity contribution in [2.75, 3.05) is 18.7 Å². The molecule has 174 valence electrons. The normalized spacial score (nSPS) is 30.3. The largest absolute Gasteiger partial charge is 0.497 e. The van der Waals surface area contributed by atoms with Gasteiger partial charge in [0, 0.05) is 11.3 Å². The molecule has 1 heterocycles. The van der Waals surface area contributed by atoms with Crippen molar-refractivity contribution in [3.8, 4) is 5.75 Å². The second-order valence-electron chi connectivity index (χ2n) is 9.46. The lowest BCUT2D eigenvalue weighted by molar-refractivity contribution is -0.140. The van der Waals surface area contributed by atoms with Gasteiger partial charge in [-0.25, -0.2) is 0 Å². The van der Waals surface area contributed by atoms with Gasteiger partial charge in [-0.1, -0.05) is 35.4 Å². The van der Waals surface area contributed by atoms with E-state index in [1.807, 2.05) is 0 Å². The third kappa shape index (κ3) is 3.19. The lowest BCUT2D eigenvalue weighted by Crippen LogP contribution is -2.45. The van der Waals surface area contributed by atoms with E-state index in [1.54, 1.807) is 43.5 Å². The third-order valence-corrected chi connectivity index (χ3v) is 8.57. The molecule has 0 spiro atoms. The van der Waals surface area contributed by atoms with Gasteiger partial charge in [0.15, 0.2) is 0 Å². The van der Waals surface area contributed by atoms with E-state index in [4.69, 9.17) is 27.9 Å². The maximum atomic E-state index is 13.6. The summed E-state index contributed by atoms with van der Waals surface area (Å²) < 4.78 is 5.24. The quantitative estimate of drug-likeness (QED) is 0.445. The fourth-order valence-corrected chi connectivity index (χ4v) is 6.41. The van der Waals surface area contributed by atoms with Crippen LogP contribution in [0.25, 0.3) is 0 Å². The fraction of sp³-hybridized carbons (Fsp3) is 0.346. The van der Waals surface area contributed by atoms with Crippen LogP contribution in [0.4, 0.5) is 5.69 Å². The summed E-state index contributed by atoms with van der Waals surface area (Å²) in [6.45, 7) is -0.162. The maximum absolute atomic E-state index is 13.6. The van der Waals surface area contributed by atoms with Gasteiger partial charge in [0.2, 0.25) is 11.8 Å². The number of ether oxygens (including phenoxy) is 1. The van der Waals surface area contributed by atoms with Crippen molar-refractivity contribution >= 4 is 46.6 Å². The lowest BCUT2D eigenvalue weighted by atomic mass is 9.63. The number of anilines is 1. The predicted molar refractivity (Wildman–Crippen MR) is 128 cm³/mol. The van der Waals surface area contributed by atoms with Gasteiger partial charge in [-0.2, -0.15) is 0 Å². The molecule has 6 nitrogen and oxygen atoms in total. The lowest BCUT2D eigenvalue weighted by Gasteiger charge is -2.37. The van der Waals surface area contributed by atoms with E-state index in [0.717, 1.165) is 6.42 Å². The van der Waals surface area contributed by atoms with Gasteiger partial charge in [-0.05, 0) is 72.6 Å². The zero-order valence-corrected chi connectivity index (χ0v) is 19.9. The first-order valence-electron chi connectivity index (χ1n) is 11.3.